The lowest BCUT2D eigenvalue weighted by Gasteiger charge is -2.34. The Morgan fingerprint density at radius 1 is 1.38 bits per heavy atom. The van der Waals surface area contributed by atoms with E-state index in [0.717, 1.165) is 31.7 Å². The summed E-state index contributed by atoms with van der Waals surface area (Å²) in [6.45, 7) is 3.60. The number of nitrogens with zero attached hydrogens (tertiary/aromatic N) is 2. The van der Waals surface area contributed by atoms with Gasteiger partial charge in [-0.1, -0.05) is 6.07 Å². The fraction of sp³-hybridized carbons (Fsp3) is 0.500. The van der Waals surface area contributed by atoms with Crippen molar-refractivity contribution in [1.82, 2.24) is 10.2 Å². The molecule has 0 spiro atoms. The molecule has 2 N–H and O–H groups in total. The zero-order chi connectivity index (χ0) is 13.7. The average Bonchev–Trinajstić information content (AvgIpc) is 2.46. The molecule has 118 valence electrons. The number of ether oxygens (including phenoxy) is 1. The van der Waals surface area contributed by atoms with Gasteiger partial charge in [-0.05, 0) is 6.07 Å². The zero-order valence-electron chi connectivity index (χ0n) is 11.9. The molecule has 21 heavy (non-hydrogen) atoms. The van der Waals surface area contributed by atoms with Crippen LogP contribution >= 0.6 is 24.8 Å². The minimum atomic E-state index is -0.0574. The van der Waals surface area contributed by atoms with Gasteiger partial charge in [-0.15, -0.1) is 24.8 Å². The second-order valence-corrected chi connectivity index (χ2v) is 4.59. The lowest BCUT2D eigenvalue weighted by atomic mass is 10.0. The molecule has 0 aromatic heterocycles. The zero-order valence-corrected chi connectivity index (χ0v) is 13.5. The summed E-state index contributed by atoms with van der Waals surface area (Å²) in [5, 5.41) is 22.4. The number of nitrogens with one attached hydrogen (secondary N) is 1. The van der Waals surface area contributed by atoms with E-state index in [0.29, 0.717) is 12.2 Å². The first kappa shape index (κ1) is 19.8. The number of benzene rings is 1. The van der Waals surface area contributed by atoms with Gasteiger partial charge in [-0.2, -0.15) is 5.26 Å². The maximum atomic E-state index is 10.1. The van der Waals surface area contributed by atoms with Crippen LogP contribution in [0, 0.1) is 11.3 Å². The van der Waals surface area contributed by atoms with E-state index < -0.39 is 0 Å². The normalized spacial score (nSPS) is 16.0. The molecule has 5 nitrogen and oxygen atoms in total. The van der Waals surface area contributed by atoms with Crippen molar-refractivity contribution in [3.05, 3.63) is 23.8 Å². The number of piperazine rings is 1. The number of nitriles is 1. The summed E-state index contributed by atoms with van der Waals surface area (Å²) in [6, 6.07) is 7.42. The van der Waals surface area contributed by atoms with Gasteiger partial charge in [0.1, 0.15) is 11.5 Å². The molecule has 0 bridgehead atoms. The third-order valence-corrected chi connectivity index (χ3v) is 3.47. The summed E-state index contributed by atoms with van der Waals surface area (Å²) in [4.78, 5) is 2.24. The molecule has 1 fully saturated rings. The Hall–Kier alpha value is -1.19. The Morgan fingerprint density at radius 2 is 2.05 bits per heavy atom. The molecule has 1 aliphatic heterocycles. The SMILES string of the molecule is COc1ccc([C@H](CC#N)N2CCNCC2)c(O)c1.Cl.Cl. The Morgan fingerprint density at radius 3 is 2.57 bits per heavy atom. The number of hydrogen-bond donors (Lipinski definition) is 2. The molecule has 0 unspecified atom stereocenters. The smallest absolute Gasteiger partial charge is 0.124 e. The monoisotopic (exact) mass is 333 g/mol. The van der Waals surface area contributed by atoms with Gasteiger partial charge < -0.3 is 15.2 Å². The Labute approximate surface area is 137 Å². The highest BCUT2D eigenvalue weighted by Crippen LogP contribution is 2.33. The van der Waals surface area contributed by atoms with Gasteiger partial charge in [0, 0.05) is 37.8 Å². The highest BCUT2D eigenvalue weighted by molar-refractivity contribution is 5.85. The van der Waals surface area contributed by atoms with Crippen molar-refractivity contribution in [1.29, 1.82) is 5.26 Å². The summed E-state index contributed by atoms with van der Waals surface area (Å²) in [6.07, 6.45) is 0.375. The first-order chi connectivity index (χ1) is 9.26. The molecule has 0 amide bonds. The fourth-order valence-corrected chi connectivity index (χ4v) is 2.45. The molecular formula is C14H21Cl2N3O2. The standard InChI is InChI=1S/C14H19N3O2.2ClH/c1-19-11-2-3-12(14(18)10-11)13(4-5-15)17-8-6-16-7-9-17;;/h2-3,10,13,16,18H,4,6-9H2,1H3;2*1H/t13-;;/m0../s1. The van der Waals surface area contributed by atoms with Crippen molar-refractivity contribution in [3.63, 3.8) is 0 Å². The van der Waals surface area contributed by atoms with Gasteiger partial charge in [0.05, 0.1) is 25.6 Å². The minimum Gasteiger partial charge on any atom is -0.507 e. The third-order valence-electron chi connectivity index (χ3n) is 3.47. The second-order valence-electron chi connectivity index (χ2n) is 4.59. The molecule has 1 atom stereocenters. The van der Waals surface area contributed by atoms with Crippen molar-refractivity contribution >= 4 is 24.8 Å². The molecular weight excluding hydrogens is 313 g/mol. The van der Waals surface area contributed by atoms with Crippen LogP contribution in [-0.4, -0.2) is 43.3 Å². The van der Waals surface area contributed by atoms with Gasteiger partial charge in [-0.25, -0.2) is 0 Å². The minimum absolute atomic E-state index is 0. The highest BCUT2D eigenvalue weighted by Gasteiger charge is 2.24. The van der Waals surface area contributed by atoms with Crippen LogP contribution in [0.5, 0.6) is 11.5 Å². The van der Waals surface area contributed by atoms with E-state index in [2.05, 4.69) is 16.3 Å². The first-order valence-electron chi connectivity index (χ1n) is 6.45. The third kappa shape index (κ3) is 4.94. The average molecular weight is 334 g/mol. The molecule has 1 aromatic rings. The van der Waals surface area contributed by atoms with Crippen molar-refractivity contribution in [2.45, 2.75) is 12.5 Å². The largest absolute Gasteiger partial charge is 0.507 e. The van der Waals surface area contributed by atoms with E-state index in [1.165, 1.54) is 0 Å². The van der Waals surface area contributed by atoms with Crippen LogP contribution in [0.1, 0.15) is 18.0 Å². The Kier molecular flexibility index (Phi) is 9.14. The number of rotatable bonds is 4. The predicted molar refractivity (Wildman–Crippen MR) is 86.6 cm³/mol. The topological polar surface area (TPSA) is 68.5 Å². The van der Waals surface area contributed by atoms with Crippen LogP contribution < -0.4 is 10.1 Å². The van der Waals surface area contributed by atoms with Crippen LogP contribution in [0.3, 0.4) is 0 Å². The van der Waals surface area contributed by atoms with Crippen molar-refractivity contribution in [3.8, 4) is 17.6 Å². The van der Waals surface area contributed by atoms with E-state index in [4.69, 9.17) is 10.00 Å². The summed E-state index contributed by atoms with van der Waals surface area (Å²) in [7, 11) is 1.57. The molecule has 1 aliphatic rings. The molecule has 0 radical (unpaired) electrons. The number of phenols is 1. The predicted octanol–water partition coefficient (Wildman–Crippen LogP) is 2.10. The second kappa shape index (κ2) is 9.69. The Balaban J connectivity index is 0.00000200. The quantitative estimate of drug-likeness (QED) is 0.883. The molecule has 0 aliphatic carbocycles. The number of halogens is 2. The number of hydrogen-bond acceptors (Lipinski definition) is 5. The van der Waals surface area contributed by atoms with Crippen LogP contribution in [0.25, 0.3) is 0 Å². The number of phenolic OH excluding ortho intramolecular Hbond substituents is 1. The van der Waals surface area contributed by atoms with Crippen LogP contribution in [-0.2, 0) is 0 Å². The molecule has 2 rings (SSSR count). The summed E-state index contributed by atoms with van der Waals surface area (Å²) in [5.41, 5.74) is 0.796. The van der Waals surface area contributed by atoms with E-state index >= 15 is 0 Å². The van der Waals surface area contributed by atoms with Crippen molar-refractivity contribution in [2.75, 3.05) is 33.3 Å². The molecule has 1 saturated heterocycles. The molecule has 1 aromatic carbocycles. The number of aromatic hydroxyl groups is 1. The first-order valence-corrected chi connectivity index (χ1v) is 6.45. The maximum absolute atomic E-state index is 10.1. The lowest BCUT2D eigenvalue weighted by molar-refractivity contribution is 0.173. The highest BCUT2D eigenvalue weighted by atomic mass is 35.5. The van der Waals surface area contributed by atoms with Crippen LogP contribution in [0.4, 0.5) is 0 Å². The summed E-state index contributed by atoms with van der Waals surface area (Å²) < 4.78 is 5.09. The Bertz CT molecular complexity index is 474. The van der Waals surface area contributed by atoms with Crippen LogP contribution in [0.2, 0.25) is 0 Å². The van der Waals surface area contributed by atoms with Gasteiger partial charge in [-0.3, -0.25) is 4.90 Å². The molecule has 7 heteroatoms. The van der Waals surface area contributed by atoms with Gasteiger partial charge in [0.25, 0.3) is 0 Å². The van der Waals surface area contributed by atoms with Gasteiger partial charge in [0.15, 0.2) is 0 Å². The fourth-order valence-electron chi connectivity index (χ4n) is 2.45. The lowest BCUT2D eigenvalue weighted by Crippen LogP contribution is -2.45. The molecule has 1 heterocycles. The van der Waals surface area contributed by atoms with E-state index in [1.807, 2.05) is 12.1 Å². The van der Waals surface area contributed by atoms with Crippen LogP contribution in [0.15, 0.2) is 18.2 Å². The van der Waals surface area contributed by atoms with E-state index in [1.54, 1.807) is 13.2 Å². The van der Waals surface area contributed by atoms with Crippen molar-refractivity contribution < 1.29 is 9.84 Å². The summed E-state index contributed by atoms with van der Waals surface area (Å²) >= 11 is 0. The van der Waals surface area contributed by atoms with Gasteiger partial charge >= 0.3 is 0 Å². The van der Waals surface area contributed by atoms with E-state index in [9.17, 15) is 5.11 Å². The summed E-state index contributed by atoms with van der Waals surface area (Å²) in [5.74, 6) is 0.815. The number of methoxy groups -OCH3 is 1. The van der Waals surface area contributed by atoms with Gasteiger partial charge in [0.2, 0.25) is 0 Å². The van der Waals surface area contributed by atoms with Crippen molar-refractivity contribution in [2.24, 2.45) is 0 Å². The maximum Gasteiger partial charge on any atom is 0.124 e. The van der Waals surface area contributed by atoms with E-state index in [-0.39, 0.29) is 36.6 Å². The molecule has 0 saturated carbocycles.